The Labute approximate surface area is 60.6 Å². The molecule has 0 N–H and O–H groups in total. The van der Waals surface area contributed by atoms with Crippen LogP contribution in [0, 0.1) is 11.3 Å². The highest BCUT2D eigenvalue weighted by molar-refractivity contribution is 4.96. The van der Waals surface area contributed by atoms with Gasteiger partial charge in [-0.15, -0.1) is 0 Å². The van der Waals surface area contributed by atoms with Crippen LogP contribution in [0.5, 0.6) is 0 Å². The molecule has 1 fully saturated rings. The van der Waals surface area contributed by atoms with E-state index in [0.717, 1.165) is 0 Å². The maximum atomic E-state index is 12.3. The van der Waals surface area contributed by atoms with E-state index in [0.29, 0.717) is 6.42 Å². The molecular formula is C8H14F2. The fourth-order valence-electron chi connectivity index (χ4n) is 1.23. The molecule has 0 bridgehead atoms. The summed E-state index contributed by atoms with van der Waals surface area (Å²) in [6, 6.07) is 0. The SMILES string of the molecule is CC(C)(C)C[C@@H]1CC1(F)F. The van der Waals surface area contributed by atoms with Crippen molar-refractivity contribution in [2.45, 2.75) is 39.5 Å². The van der Waals surface area contributed by atoms with E-state index in [4.69, 9.17) is 0 Å². The van der Waals surface area contributed by atoms with E-state index in [2.05, 4.69) is 0 Å². The first-order valence-corrected chi connectivity index (χ1v) is 3.69. The molecule has 0 saturated heterocycles. The average molecular weight is 148 g/mol. The number of rotatable bonds is 1. The second-order valence-corrected chi connectivity index (χ2v) is 4.43. The van der Waals surface area contributed by atoms with Gasteiger partial charge in [0.2, 0.25) is 0 Å². The minimum Gasteiger partial charge on any atom is -0.207 e. The van der Waals surface area contributed by atoms with Gasteiger partial charge in [-0.1, -0.05) is 20.8 Å². The zero-order chi connectivity index (χ0) is 7.99. The van der Waals surface area contributed by atoms with E-state index in [1.165, 1.54) is 0 Å². The molecule has 1 aliphatic carbocycles. The molecule has 0 spiro atoms. The van der Waals surface area contributed by atoms with Crippen LogP contribution in [0.2, 0.25) is 0 Å². The Morgan fingerprint density at radius 1 is 1.40 bits per heavy atom. The summed E-state index contributed by atoms with van der Waals surface area (Å²) in [4.78, 5) is 0. The fraction of sp³-hybridized carbons (Fsp3) is 1.00. The fourth-order valence-corrected chi connectivity index (χ4v) is 1.23. The minimum absolute atomic E-state index is 0.0601. The van der Waals surface area contributed by atoms with Crippen molar-refractivity contribution < 1.29 is 8.78 Å². The Morgan fingerprint density at radius 3 is 1.90 bits per heavy atom. The second-order valence-electron chi connectivity index (χ2n) is 4.43. The van der Waals surface area contributed by atoms with Crippen molar-refractivity contribution in [3.05, 3.63) is 0 Å². The number of halogens is 2. The summed E-state index contributed by atoms with van der Waals surface area (Å²) < 4.78 is 24.7. The summed E-state index contributed by atoms with van der Waals surface area (Å²) in [5.41, 5.74) is 0.0601. The van der Waals surface area contributed by atoms with Crippen LogP contribution >= 0.6 is 0 Å². The Kier molecular flexibility index (Phi) is 1.53. The molecule has 0 radical (unpaired) electrons. The van der Waals surface area contributed by atoms with Crippen LogP contribution < -0.4 is 0 Å². The molecule has 10 heavy (non-hydrogen) atoms. The van der Waals surface area contributed by atoms with Crippen LogP contribution in [0.15, 0.2) is 0 Å². The molecule has 1 saturated carbocycles. The lowest BCUT2D eigenvalue weighted by Gasteiger charge is -2.16. The lowest BCUT2D eigenvalue weighted by molar-refractivity contribution is 0.0884. The number of hydrogen-bond acceptors (Lipinski definition) is 0. The van der Waals surface area contributed by atoms with E-state index < -0.39 is 5.92 Å². The first-order chi connectivity index (χ1) is 4.31. The van der Waals surface area contributed by atoms with E-state index in [1.807, 2.05) is 20.8 Å². The molecule has 0 aromatic heterocycles. The molecular weight excluding hydrogens is 134 g/mol. The van der Waals surface area contributed by atoms with Gasteiger partial charge in [-0.05, 0) is 11.8 Å². The maximum Gasteiger partial charge on any atom is 0.251 e. The van der Waals surface area contributed by atoms with Crippen molar-refractivity contribution in [3.8, 4) is 0 Å². The number of hydrogen-bond donors (Lipinski definition) is 0. The second kappa shape index (κ2) is 1.93. The lowest BCUT2D eigenvalue weighted by Crippen LogP contribution is -2.08. The molecule has 0 amide bonds. The molecule has 0 aromatic rings. The Balaban J connectivity index is 2.31. The van der Waals surface area contributed by atoms with Crippen LogP contribution in [-0.2, 0) is 0 Å². The summed E-state index contributed by atoms with van der Waals surface area (Å²) in [5, 5.41) is 0. The third-order valence-corrected chi connectivity index (χ3v) is 1.81. The first-order valence-electron chi connectivity index (χ1n) is 3.69. The molecule has 0 unspecified atom stereocenters. The van der Waals surface area contributed by atoms with Gasteiger partial charge in [0.15, 0.2) is 0 Å². The highest BCUT2D eigenvalue weighted by Gasteiger charge is 2.57. The first kappa shape index (κ1) is 7.96. The molecule has 1 aliphatic rings. The van der Waals surface area contributed by atoms with Gasteiger partial charge in [0.05, 0.1) is 0 Å². The molecule has 0 aliphatic heterocycles. The minimum atomic E-state index is -2.33. The Bertz CT molecular complexity index is 133. The molecule has 1 atom stereocenters. The topological polar surface area (TPSA) is 0 Å². The van der Waals surface area contributed by atoms with Crippen LogP contribution in [0.25, 0.3) is 0 Å². The third-order valence-electron chi connectivity index (χ3n) is 1.81. The summed E-state index contributed by atoms with van der Waals surface area (Å²) in [6.45, 7) is 6.00. The van der Waals surface area contributed by atoms with Gasteiger partial charge in [-0.3, -0.25) is 0 Å². The van der Waals surface area contributed by atoms with Crippen LogP contribution in [0.4, 0.5) is 8.78 Å². The van der Waals surface area contributed by atoms with E-state index >= 15 is 0 Å². The van der Waals surface area contributed by atoms with E-state index in [1.54, 1.807) is 0 Å². The van der Waals surface area contributed by atoms with Gasteiger partial charge in [0.1, 0.15) is 0 Å². The lowest BCUT2D eigenvalue weighted by atomic mass is 9.90. The molecule has 60 valence electrons. The van der Waals surface area contributed by atoms with Gasteiger partial charge in [0, 0.05) is 12.3 Å². The molecule has 2 heteroatoms. The van der Waals surface area contributed by atoms with Crippen LogP contribution in [0.3, 0.4) is 0 Å². The van der Waals surface area contributed by atoms with Gasteiger partial charge in [-0.2, -0.15) is 0 Å². The monoisotopic (exact) mass is 148 g/mol. The van der Waals surface area contributed by atoms with Crippen molar-refractivity contribution >= 4 is 0 Å². The molecule has 1 rings (SSSR count). The normalized spacial score (nSPS) is 30.3. The highest BCUT2D eigenvalue weighted by atomic mass is 19.3. The van der Waals surface area contributed by atoms with Crippen molar-refractivity contribution in [1.29, 1.82) is 0 Å². The quantitative estimate of drug-likeness (QED) is 0.536. The molecule has 0 heterocycles. The summed E-state index contributed by atoms with van der Waals surface area (Å²) >= 11 is 0. The predicted molar refractivity (Wildman–Crippen MR) is 37.1 cm³/mol. The van der Waals surface area contributed by atoms with Gasteiger partial charge in [0.25, 0.3) is 5.92 Å². The zero-order valence-electron chi connectivity index (χ0n) is 6.75. The van der Waals surface area contributed by atoms with Crippen LogP contribution in [0.1, 0.15) is 33.6 Å². The van der Waals surface area contributed by atoms with E-state index in [-0.39, 0.29) is 17.8 Å². The van der Waals surface area contributed by atoms with Gasteiger partial charge >= 0.3 is 0 Å². The summed E-state index contributed by atoms with van der Waals surface area (Å²) in [6.07, 6.45) is 0.768. The zero-order valence-corrected chi connectivity index (χ0v) is 6.75. The Hall–Kier alpha value is -0.140. The standard InChI is InChI=1S/C8H14F2/c1-7(2,3)4-6-5-8(6,9)10/h6H,4-5H2,1-3H3/t6-/m1/s1. The van der Waals surface area contributed by atoms with E-state index in [9.17, 15) is 8.78 Å². The number of alkyl halides is 2. The van der Waals surface area contributed by atoms with Crippen molar-refractivity contribution in [2.24, 2.45) is 11.3 Å². The molecule has 0 nitrogen and oxygen atoms in total. The van der Waals surface area contributed by atoms with Gasteiger partial charge < -0.3 is 0 Å². The summed E-state index contributed by atoms with van der Waals surface area (Å²) in [5.74, 6) is -2.65. The van der Waals surface area contributed by atoms with Gasteiger partial charge in [-0.25, -0.2) is 8.78 Å². The smallest absolute Gasteiger partial charge is 0.207 e. The van der Waals surface area contributed by atoms with Crippen molar-refractivity contribution in [2.75, 3.05) is 0 Å². The van der Waals surface area contributed by atoms with Crippen molar-refractivity contribution in [1.82, 2.24) is 0 Å². The third kappa shape index (κ3) is 1.93. The Morgan fingerprint density at radius 2 is 1.80 bits per heavy atom. The van der Waals surface area contributed by atoms with Crippen LogP contribution in [-0.4, -0.2) is 5.92 Å². The average Bonchev–Trinajstić information content (AvgIpc) is 2.05. The summed E-state index contributed by atoms with van der Waals surface area (Å²) in [7, 11) is 0. The highest BCUT2D eigenvalue weighted by Crippen LogP contribution is 2.53. The largest absolute Gasteiger partial charge is 0.251 e. The maximum absolute atomic E-state index is 12.3. The predicted octanol–water partition coefficient (Wildman–Crippen LogP) is 3.08. The molecule has 0 aromatic carbocycles. The van der Waals surface area contributed by atoms with Crippen molar-refractivity contribution in [3.63, 3.8) is 0 Å².